The number of halogens is 1. The second-order valence-electron chi connectivity index (χ2n) is 8.16. The third-order valence-electron chi connectivity index (χ3n) is 5.04. The Hall–Kier alpha value is -2.89. The molecule has 0 aliphatic rings. The molecule has 2 unspecified atom stereocenters. The normalized spacial score (nSPS) is 13.8. The molecule has 34 heavy (non-hydrogen) atoms. The minimum Gasteiger partial charge on any atom is -0.469 e. The first-order valence-electron chi connectivity index (χ1n) is 10.6. The van der Waals surface area contributed by atoms with Crippen LogP contribution in [0.3, 0.4) is 0 Å². The van der Waals surface area contributed by atoms with Crippen LogP contribution < -0.4 is 4.31 Å². The molecular formula is C23H30FN3O6S. The van der Waals surface area contributed by atoms with Gasteiger partial charge in [-0.3, -0.25) is 4.79 Å². The highest BCUT2D eigenvalue weighted by molar-refractivity contribution is 7.92. The monoisotopic (exact) mass is 495 g/mol. The molecule has 1 heterocycles. The summed E-state index contributed by atoms with van der Waals surface area (Å²) < 4.78 is 43.2. The van der Waals surface area contributed by atoms with Gasteiger partial charge in [0.1, 0.15) is 5.82 Å². The maximum atomic E-state index is 13.5. The number of aliphatic hydroxyl groups excluding tert-OH is 2. The smallest absolute Gasteiger partial charge is 0.308 e. The van der Waals surface area contributed by atoms with Gasteiger partial charge >= 0.3 is 5.97 Å². The number of hydrogen-bond donors (Lipinski definition) is 2. The number of anilines is 1. The van der Waals surface area contributed by atoms with Crippen LogP contribution >= 0.6 is 0 Å². The van der Waals surface area contributed by atoms with Crippen LogP contribution in [-0.4, -0.2) is 67.2 Å². The fourth-order valence-corrected chi connectivity index (χ4v) is 3.50. The van der Waals surface area contributed by atoms with Crippen molar-refractivity contribution in [1.29, 1.82) is 0 Å². The second-order valence-corrected chi connectivity index (χ2v) is 10.2. The molecule has 0 aliphatic heterocycles. The molecule has 0 amide bonds. The zero-order chi connectivity index (χ0) is 25.6. The molecule has 11 heteroatoms. The Labute approximate surface area is 199 Å². The predicted octanol–water partition coefficient (Wildman–Crippen LogP) is 2.49. The summed E-state index contributed by atoms with van der Waals surface area (Å²) in [6.45, 7) is 3.74. The minimum atomic E-state index is -3.64. The van der Waals surface area contributed by atoms with Crippen LogP contribution in [0.15, 0.2) is 30.3 Å². The van der Waals surface area contributed by atoms with Crippen molar-refractivity contribution in [2.24, 2.45) is 0 Å². The van der Waals surface area contributed by atoms with Gasteiger partial charge in [0.2, 0.25) is 16.0 Å². The van der Waals surface area contributed by atoms with Gasteiger partial charge in [0.25, 0.3) is 0 Å². The number of sulfonamides is 1. The van der Waals surface area contributed by atoms with Gasteiger partial charge in [-0.05, 0) is 30.2 Å². The van der Waals surface area contributed by atoms with E-state index in [1.807, 2.05) is 13.8 Å². The van der Waals surface area contributed by atoms with Crippen LogP contribution in [0.25, 0.3) is 17.3 Å². The summed E-state index contributed by atoms with van der Waals surface area (Å²) >= 11 is 0. The minimum absolute atomic E-state index is 0.0447. The van der Waals surface area contributed by atoms with Crippen LogP contribution in [0.4, 0.5) is 10.3 Å². The molecule has 2 aromatic rings. The number of benzene rings is 1. The van der Waals surface area contributed by atoms with Crippen LogP contribution in [0.1, 0.15) is 43.9 Å². The van der Waals surface area contributed by atoms with Crippen molar-refractivity contribution in [1.82, 2.24) is 9.97 Å². The van der Waals surface area contributed by atoms with Crippen LogP contribution in [0.2, 0.25) is 0 Å². The molecule has 1 aromatic heterocycles. The van der Waals surface area contributed by atoms with Crippen molar-refractivity contribution in [3.05, 3.63) is 47.4 Å². The van der Waals surface area contributed by atoms with E-state index in [4.69, 9.17) is 0 Å². The van der Waals surface area contributed by atoms with Gasteiger partial charge in [0.05, 0.1) is 43.4 Å². The highest BCUT2D eigenvalue weighted by Gasteiger charge is 2.22. The number of rotatable bonds is 10. The molecule has 2 N–H and O–H groups in total. The largest absolute Gasteiger partial charge is 0.469 e. The van der Waals surface area contributed by atoms with E-state index in [-0.39, 0.29) is 24.7 Å². The van der Waals surface area contributed by atoms with E-state index in [0.29, 0.717) is 22.5 Å². The number of carbonyl (C=O) groups is 1. The summed E-state index contributed by atoms with van der Waals surface area (Å²) in [5, 5.41) is 20.3. The van der Waals surface area contributed by atoms with Crippen LogP contribution in [0.5, 0.6) is 0 Å². The number of hydrogen-bond acceptors (Lipinski definition) is 8. The Morgan fingerprint density at radius 3 is 2.35 bits per heavy atom. The highest BCUT2D eigenvalue weighted by atomic mass is 32.2. The van der Waals surface area contributed by atoms with Gasteiger partial charge in [-0.15, -0.1) is 0 Å². The highest BCUT2D eigenvalue weighted by Crippen LogP contribution is 2.31. The van der Waals surface area contributed by atoms with Gasteiger partial charge in [-0.2, -0.15) is 0 Å². The molecular weight excluding hydrogens is 465 g/mol. The van der Waals surface area contributed by atoms with E-state index in [2.05, 4.69) is 14.7 Å². The Bertz CT molecular complexity index is 1140. The molecule has 0 radical (unpaired) electrons. The van der Waals surface area contributed by atoms with E-state index < -0.39 is 34.0 Å². The first-order chi connectivity index (χ1) is 15.8. The SMILES string of the molecule is COC(=O)CC(O)CC(O)C=Cc1c(-c2ccc(F)cc2)nc(N(C)S(C)(=O)=O)nc1C(C)C. The molecule has 2 rings (SSSR count). The number of esters is 1. The summed E-state index contributed by atoms with van der Waals surface area (Å²) in [5.74, 6) is -1.24. The summed E-state index contributed by atoms with van der Waals surface area (Å²) in [6, 6.07) is 5.55. The van der Waals surface area contributed by atoms with E-state index in [0.717, 1.165) is 10.6 Å². The Balaban J connectivity index is 2.57. The Morgan fingerprint density at radius 2 is 1.82 bits per heavy atom. The topological polar surface area (TPSA) is 130 Å². The number of nitrogens with zero attached hydrogens (tertiary/aromatic N) is 3. The lowest BCUT2D eigenvalue weighted by atomic mass is 9.97. The quantitative estimate of drug-likeness (QED) is 0.481. The summed E-state index contributed by atoms with van der Waals surface area (Å²) in [5.41, 5.74) is 1.89. The number of ether oxygens (including phenoxy) is 1. The predicted molar refractivity (Wildman–Crippen MR) is 127 cm³/mol. The molecule has 1 aromatic carbocycles. The lowest BCUT2D eigenvalue weighted by Gasteiger charge is -2.20. The average Bonchev–Trinajstić information content (AvgIpc) is 2.76. The number of methoxy groups -OCH3 is 1. The molecule has 0 saturated carbocycles. The lowest BCUT2D eigenvalue weighted by molar-refractivity contribution is -0.143. The molecule has 2 atom stereocenters. The molecule has 186 valence electrons. The third-order valence-corrected chi connectivity index (χ3v) is 6.19. The Morgan fingerprint density at radius 1 is 1.21 bits per heavy atom. The molecule has 9 nitrogen and oxygen atoms in total. The molecule has 0 fully saturated rings. The maximum Gasteiger partial charge on any atom is 0.308 e. The van der Waals surface area contributed by atoms with Crippen molar-refractivity contribution in [3.8, 4) is 11.3 Å². The van der Waals surface area contributed by atoms with E-state index >= 15 is 0 Å². The first-order valence-corrected chi connectivity index (χ1v) is 12.4. The van der Waals surface area contributed by atoms with Gasteiger partial charge in [-0.25, -0.2) is 27.1 Å². The van der Waals surface area contributed by atoms with Crippen molar-refractivity contribution in [2.45, 2.75) is 44.8 Å². The van der Waals surface area contributed by atoms with Gasteiger partial charge in [0, 0.05) is 24.6 Å². The number of carbonyl (C=O) groups excluding carboxylic acids is 1. The zero-order valence-corrected chi connectivity index (χ0v) is 20.6. The molecule has 0 spiro atoms. The maximum absolute atomic E-state index is 13.5. The van der Waals surface area contributed by atoms with E-state index in [1.165, 1.54) is 44.5 Å². The average molecular weight is 496 g/mol. The lowest BCUT2D eigenvalue weighted by Crippen LogP contribution is -2.27. The van der Waals surface area contributed by atoms with Crippen molar-refractivity contribution >= 4 is 28.0 Å². The fourth-order valence-electron chi connectivity index (χ4n) is 3.12. The fraction of sp³-hybridized carbons (Fsp3) is 0.435. The zero-order valence-electron chi connectivity index (χ0n) is 19.8. The molecule has 0 saturated heterocycles. The number of aromatic nitrogens is 2. The van der Waals surface area contributed by atoms with Crippen LogP contribution in [-0.2, 0) is 19.6 Å². The van der Waals surface area contributed by atoms with Gasteiger partial charge in [-0.1, -0.05) is 26.0 Å². The van der Waals surface area contributed by atoms with Crippen molar-refractivity contribution in [3.63, 3.8) is 0 Å². The van der Waals surface area contributed by atoms with Gasteiger partial charge in [0.15, 0.2) is 0 Å². The van der Waals surface area contributed by atoms with Crippen LogP contribution in [0, 0.1) is 5.82 Å². The summed E-state index contributed by atoms with van der Waals surface area (Å²) in [7, 11) is -1.10. The third kappa shape index (κ3) is 7.31. The van der Waals surface area contributed by atoms with Crippen molar-refractivity contribution in [2.75, 3.05) is 24.7 Å². The second kappa shape index (κ2) is 11.5. The molecule has 0 bridgehead atoms. The summed E-state index contributed by atoms with van der Waals surface area (Å²) in [6.07, 6.45) is 1.48. The Kier molecular flexibility index (Phi) is 9.25. The van der Waals surface area contributed by atoms with E-state index in [9.17, 15) is 27.8 Å². The molecule has 0 aliphatic carbocycles. The van der Waals surface area contributed by atoms with Gasteiger partial charge < -0.3 is 14.9 Å². The van der Waals surface area contributed by atoms with E-state index in [1.54, 1.807) is 6.08 Å². The standard InChI is InChI=1S/C23H30FN3O6S/c1-14(2)21-19(11-10-17(28)12-18(29)13-20(30)33-4)22(15-6-8-16(24)9-7-15)26-23(25-21)27(3)34(5,31)32/h6-11,14,17-18,28-29H,12-13H2,1-5H3. The summed E-state index contributed by atoms with van der Waals surface area (Å²) in [4.78, 5) is 20.2. The van der Waals surface area contributed by atoms with Crippen molar-refractivity contribution < 1.29 is 32.6 Å². The number of aliphatic hydroxyl groups is 2. The first kappa shape index (κ1) is 27.4.